The van der Waals surface area contributed by atoms with E-state index in [1.807, 2.05) is 0 Å². The van der Waals surface area contributed by atoms with Crippen LogP contribution in [0.25, 0.3) is 0 Å². The van der Waals surface area contributed by atoms with E-state index in [1.54, 1.807) is 7.11 Å². The molecular weight excluding hydrogens is 224 g/mol. The van der Waals surface area contributed by atoms with Crippen LogP contribution in [0, 0.1) is 5.92 Å². The number of rotatable bonds is 11. The summed E-state index contributed by atoms with van der Waals surface area (Å²) in [6.07, 6.45) is 2.45. The summed E-state index contributed by atoms with van der Waals surface area (Å²) in [5, 5.41) is 3.52. The van der Waals surface area contributed by atoms with Gasteiger partial charge in [0.2, 0.25) is 0 Å². The molecular formula is C15H34N2O. The maximum absolute atomic E-state index is 5.23. The summed E-state index contributed by atoms with van der Waals surface area (Å²) in [6.45, 7) is 15.5. The van der Waals surface area contributed by atoms with Crippen LogP contribution in [0.4, 0.5) is 0 Å². The fourth-order valence-corrected chi connectivity index (χ4v) is 2.34. The van der Waals surface area contributed by atoms with Crippen molar-refractivity contribution in [2.24, 2.45) is 5.92 Å². The molecule has 0 aliphatic carbocycles. The molecule has 3 heteroatoms. The topological polar surface area (TPSA) is 24.5 Å². The van der Waals surface area contributed by atoms with E-state index >= 15 is 0 Å². The van der Waals surface area contributed by atoms with Gasteiger partial charge in [0.25, 0.3) is 0 Å². The molecule has 0 rings (SSSR count). The monoisotopic (exact) mass is 258 g/mol. The molecule has 0 spiro atoms. The molecule has 0 saturated carbocycles. The Morgan fingerprint density at radius 3 is 2.17 bits per heavy atom. The van der Waals surface area contributed by atoms with Crippen molar-refractivity contribution in [3.63, 3.8) is 0 Å². The molecule has 1 N–H and O–H groups in total. The molecule has 0 aliphatic rings. The van der Waals surface area contributed by atoms with Gasteiger partial charge in [-0.05, 0) is 25.3 Å². The average Bonchev–Trinajstić information content (AvgIpc) is 2.34. The van der Waals surface area contributed by atoms with Gasteiger partial charge in [-0.15, -0.1) is 0 Å². The Morgan fingerprint density at radius 1 is 1.11 bits per heavy atom. The molecule has 0 aromatic carbocycles. The third-order valence-electron chi connectivity index (χ3n) is 3.46. The number of hydrogen-bond donors (Lipinski definition) is 1. The van der Waals surface area contributed by atoms with E-state index in [-0.39, 0.29) is 0 Å². The van der Waals surface area contributed by atoms with Crippen LogP contribution in [0.2, 0.25) is 0 Å². The highest BCUT2D eigenvalue weighted by molar-refractivity contribution is 4.73. The zero-order chi connectivity index (χ0) is 14.0. The minimum atomic E-state index is 0.577. The van der Waals surface area contributed by atoms with Crippen molar-refractivity contribution in [1.29, 1.82) is 0 Å². The predicted molar refractivity (Wildman–Crippen MR) is 80.1 cm³/mol. The lowest BCUT2D eigenvalue weighted by Gasteiger charge is -2.32. The first-order valence-electron chi connectivity index (χ1n) is 7.51. The summed E-state index contributed by atoms with van der Waals surface area (Å²) in [4.78, 5) is 2.59. The molecule has 18 heavy (non-hydrogen) atoms. The summed E-state index contributed by atoms with van der Waals surface area (Å²) in [5.74, 6) is 0.685. The van der Waals surface area contributed by atoms with Crippen LogP contribution in [0.1, 0.15) is 47.5 Å². The van der Waals surface area contributed by atoms with Crippen molar-refractivity contribution in [3.05, 3.63) is 0 Å². The van der Waals surface area contributed by atoms with Crippen molar-refractivity contribution in [1.82, 2.24) is 10.2 Å². The standard InChI is InChI=1S/C15H34N2O/c1-7-15(8-2)17(9-10-18-6)12-14(5)11-16-13(3)4/h13-16H,7-12H2,1-6H3. The number of methoxy groups -OCH3 is 1. The van der Waals surface area contributed by atoms with Gasteiger partial charge in [0.1, 0.15) is 0 Å². The number of hydrogen-bond acceptors (Lipinski definition) is 3. The first kappa shape index (κ1) is 17.9. The van der Waals surface area contributed by atoms with Crippen molar-refractivity contribution in [2.45, 2.75) is 59.5 Å². The summed E-state index contributed by atoms with van der Waals surface area (Å²) in [7, 11) is 1.79. The Bertz CT molecular complexity index is 181. The van der Waals surface area contributed by atoms with Crippen LogP contribution in [0.15, 0.2) is 0 Å². The summed E-state index contributed by atoms with van der Waals surface area (Å²) in [5.41, 5.74) is 0. The van der Waals surface area contributed by atoms with Crippen molar-refractivity contribution in [3.8, 4) is 0 Å². The van der Waals surface area contributed by atoms with E-state index in [2.05, 4.69) is 44.8 Å². The van der Waals surface area contributed by atoms with Gasteiger partial charge >= 0.3 is 0 Å². The van der Waals surface area contributed by atoms with E-state index in [1.165, 1.54) is 12.8 Å². The second-order valence-electron chi connectivity index (χ2n) is 5.63. The average molecular weight is 258 g/mol. The predicted octanol–water partition coefficient (Wildman–Crippen LogP) is 2.76. The fraction of sp³-hybridized carbons (Fsp3) is 1.00. The van der Waals surface area contributed by atoms with E-state index in [0.717, 1.165) is 26.2 Å². The van der Waals surface area contributed by atoms with E-state index in [9.17, 15) is 0 Å². The number of nitrogens with one attached hydrogen (secondary N) is 1. The van der Waals surface area contributed by atoms with Crippen LogP contribution >= 0.6 is 0 Å². The first-order chi connectivity index (χ1) is 8.54. The largest absolute Gasteiger partial charge is 0.383 e. The van der Waals surface area contributed by atoms with Gasteiger partial charge in [-0.25, -0.2) is 0 Å². The van der Waals surface area contributed by atoms with Gasteiger partial charge in [0.05, 0.1) is 6.61 Å². The van der Waals surface area contributed by atoms with Crippen LogP contribution < -0.4 is 5.32 Å². The van der Waals surface area contributed by atoms with E-state index < -0.39 is 0 Å². The van der Waals surface area contributed by atoms with E-state index in [4.69, 9.17) is 4.74 Å². The molecule has 0 saturated heterocycles. The first-order valence-corrected chi connectivity index (χ1v) is 7.51. The maximum Gasteiger partial charge on any atom is 0.0589 e. The van der Waals surface area contributed by atoms with Crippen LogP contribution in [-0.4, -0.2) is 50.3 Å². The second-order valence-corrected chi connectivity index (χ2v) is 5.63. The quantitative estimate of drug-likeness (QED) is 0.617. The summed E-state index contributed by atoms with van der Waals surface area (Å²) >= 11 is 0. The second kappa shape index (κ2) is 10.8. The zero-order valence-corrected chi connectivity index (χ0v) is 13.3. The molecule has 0 radical (unpaired) electrons. The minimum Gasteiger partial charge on any atom is -0.383 e. The van der Waals surface area contributed by atoms with Crippen LogP contribution in [0.5, 0.6) is 0 Å². The van der Waals surface area contributed by atoms with Crippen LogP contribution in [0.3, 0.4) is 0 Å². The molecule has 1 unspecified atom stereocenters. The molecule has 0 aromatic heterocycles. The third-order valence-corrected chi connectivity index (χ3v) is 3.46. The number of nitrogens with zero attached hydrogens (tertiary/aromatic N) is 1. The van der Waals surface area contributed by atoms with Crippen molar-refractivity contribution < 1.29 is 4.74 Å². The Kier molecular flexibility index (Phi) is 10.7. The highest BCUT2D eigenvalue weighted by Gasteiger charge is 2.17. The Balaban J connectivity index is 4.19. The smallest absolute Gasteiger partial charge is 0.0589 e. The summed E-state index contributed by atoms with van der Waals surface area (Å²) in [6, 6.07) is 1.27. The summed E-state index contributed by atoms with van der Waals surface area (Å²) < 4.78 is 5.23. The molecule has 0 fully saturated rings. The van der Waals surface area contributed by atoms with Gasteiger partial charge in [-0.3, -0.25) is 4.90 Å². The Labute approximate surface area is 114 Å². The molecule has 0 amide bonds. The normalized spacial score (nSPS) is 13.8. The van der Waals surface area contributed by atoms with Crippen molar-refractivity contribution >= 4 is 0 Å². The minimum absolute atomic E-state index is 0.577. The highest BCUT2D eigenvalue weighted by atomic mass is 16.5. The van der Waals surface area contributed by atoms with E-state index in [0.29, 0.717) is 18.0 Å². The van der Waals surface area contributed by atoms with Gasteiger partial charge in [-0.2, -0.15) is 0 Å². The third kappa shape index (κ3) is 8.06. The van der Waals surface area contributed by atoms with Crippen molar-refractivity contribution in [2.75, 3.05) is 33.4 Å². The van der Waals surface area contributed by atoms with Crippen LogP contribution in [-0.2, 0) is 4.74 Å². The highest BCUT2D eigenvalue weighted by Crippen LogP contribution is 2.11. The molecule has 0 aromatic rings. The molecule has 3 nitrogen and oxygen atoms in total. The zero-order valence-electron chi connectivity index (χ0n) is 13.3. The lowest BCUT2D eigenvalue weighted by molar-refractivity contribution is 0.103. The lowest BCUT2D eigenvalue weighted by Crippen LogP contribution is -2.42. The Hall–Kier alpha value is -0.120. The maximum atomic E-state index is 5.23. The molecule has 0 heterocycles. The molecule has 110 valence electrons. The molecule has 0 aliphatic heterocycles. The molecule has 0 bridgehead atoms. The lowest BCUT2D eigenvalue weighted by atomic mass is 10.1. The van der Waals surface area contributed by atoms with Gasteiger partial charge in [0, 0.05) is 32.3 Å². The fourth-order valence-electron chi connectivity index (χ4n) is 2.34. The molecule has 1 atom stereocenters. The number of ether oxygens (including phenoxy) is 1. The van der Waals surface area contributed by atoms with Gasteiger partial charge in [0.15, 0.2) is 0 Å². The Morgan fingerprint density at radius 2 is 1.72 bits per heavy atom. The van der Waals surface area contributed by atoms with Gasteiger partial charge in [-0.1, -0.05) is 34.6 Å². The SMILES string of the molecule is CCC(CC)N(CCOC)CC(C)CNC(C)C. The van der Waals surface area contributed by atoms with Gasteiger partial charge < -0.3 is 10.1 Å².